The molecule has 0 saturated heterocycles. The second kappa shape index (κ2) is 12.5. The van der Waals surface area contributed by atoms with E-state index in [-0.39, 0.29) is 6.10 Å². The van der Waals surface area contributed by atoms with Crippen LogP contribution in [0.15, 0.2) is 42.6 Å². The highest BCUT2D eigenvalue weighted by molar-refractivity contribution is 5.88. The topological polar surface area (TPSA) is 162 Å². The van der Waals surface area contributed by atoms with Crippen LogP contribution in [0.5, 0.6) is 0 Å². The lowest BCUT2D eigenvalue weighted by atomic mass is 9.96. The summed E-state index contributed by atoms with van der Waals surface area (Å²) in [6.07, 6.45) is -0.544. The third kappa shape index (κ3) is 8.84. The summed E-state index contributed by atoms with van der Waals surface area (Å²) in [6.45, 7) is 1.60. The van der Waals surface area contributed by atoms with E-state index in [0.717, 1.165) is 17.8 Å². The second-order valence-electron chi connectivity index (χ2n) is 7.32. The molecule has 32 heavy (non-hydrogen) atoms. The highest BCUT2D eigenvalue weighted by atomic mass is 16.5. The SMILES string of the molecule is CN(C)CCO[C@H](c1ccccc1)c1ccnn1C.O=C(O)CC(O)(CC(=O)O)C(=O)O. The van der Waals surface area contributed by atoms with Gasteiger partial charge in [0.2, 0.25) is 0 Å². The van der Waals surface area contributed by atoms with Gasteiger partial charge < -0.3 is 30.1 Å². The maximum absolute atomic E-state index is 10.3. The van der Waals surface area contributed by atoms with E-state index in [1.54, 1.807) is 6.20 Å². The Kier molecular flexibility index (Phi) is 10.5. The number of nitrogens with zero attached hydrogens (tertiary/aromatic N) is 3. The fourth-order valence-corrected chi connectivity index (χ4v) is 2.69. The summed E-state index contributed by atoms with van der Waals surface area (Å²) in [5.74, 6) is -5.02. The molecule has 0 aliphatic heterocycles. The zero-order chi connectivity index (χ0) is 24.3. The van der Waals surface area contributed by atoms with Crippen LogP contribution in [0.3, 0.4) is 0 Å². The lowest BCUT2D eigenvalue weighted by Crippen LogP contribution is -2.42. The van der Waals surface area contributed by atoms with E-state index >= 15 is 0 Å². The summed E-state index contributed by atoms with van der Waals surface area (Å²) >= 11 is 0. The van der Waals surface area contributed by atoms with E-state index in [4.69, 9.17) is 25.2 Å². The van der Waals surface area contributed by atoms with Crippen molar-refractivity contribution in [2.24, 2.45) is 7.05 Å². The Labute approximate surface area is 185 Å². The molecule has 0 aliphatic carbocycles. The lowest BCUT2D eigenvalue weighted by Gasteiger charge is -2.20. The van der Waals surface area contributed by atoms with Crippen molar-refractivity contribution in [2.75, 3.05) is 27.2 Å². The van der Waals surface area contributed by atoms with Gasteiger partial charge in [-0.1, -0.05) is 30.3 Å². The van der Waals surface area contributed by atoms with Gasteiger partial charge in [0, 0.05) is 19.8 Å². The molecule has 0 bridgehead atoms. The molecule has 0 aliphatic rings. The van der Waals surface area contributed by atoms with Gasteiger partial charge in [0.1, 0.15) is 6.10 Å². The summed E-state index contributed by atoms with van der Waals surface area (Å²) in [6, 6.07) is 12.3. The van der Waals surface area contributed by atoms with E-state index in [1.807, 2.05) is 50.1 Å². The number of likely N-dealkylation sites (N-methyl/N-ethyl adjacent to an activating group) is 1. The number of aromatic nitrogens is 2. The smallest absolute Gasteiger partial charge is 0.336 e. The first-order valence-electron chi connectivity index (χ1n) is 9.65. The van der Waals surface area contributed by atoms with Crippen LogP contribution in [-0.4, -0.2) is 85.9 Å². The van der Waals surface area contributed by atoms with Crippen LogP contribution in [-0.2, 0) is 26.2 Å². The maximum Gasteiger partial charge on any atom is 0.336 e. The summed E-state index contributed by atoms with van der Waals surface area (Å²) in [5, 5.41) is 38.0. The molecule has 1 heterocycles. The number of benzene rings is 1. The molecule has 11 nitrogen and oxygen atoms in total. The number of aryl methyl sites for hydroxylation is 1. The molecule has 4 N–H and O–H groups in total. The number of ether oxygens (including phenoxy) is 1. The highest BCUT2D eigenvalue weighted by Gasteiger charge is 2.40. The first-order valence-corrected chi connectivity index (χ1v) is 9.65. The molecule has 2 aromatic rings. The Balaban J connectivity index is 0.000000347. The van der Waals surface area contributed by atoms with Crippen LogP contribution in [0.25, 0.3) is 0 Å². The molecule has 1 aromatic heterocycles. The van der Waals surface area contributed by atoms with Crippen molar-refractivity contribution >= 4 is 17.9 Å². The summed E-state index contributed by atoms with van der Waals surface area (Å²) in [4.78, 5) is 32.6. The standard InChI is InChI=1S/C15H21N3O.C6H8O7/c1-17(2)11-12-19-15(13-7-5-4-6-8-13)14-9-10-16-18(14)3;7-3(8)1-6(13,5(11)12)2-4(9)10/h4-10,15H,11-12H2,1-3H3;13H,1-2H2,(H,7,8)(H,9,10)(H,11,12)/t15-;/m1./s1. The van der Waals surface area contributed by atoms with Gasteiger partial charge in [0.05, 0.1) is 25.1 Å². The fourth-order valence-electron chi connectivity index (χ4n) is 2.69. The summed E-state index contributed by atoms with van der Waals surface area (Å²) in [5.41, 5.74) is -0.507. The van der Waals surface area contributed by atoms with Gasteiger partial charge in [0.25, 0.3) is 0 Å². The third-order valence-corrected chi connectivity index (χ3v) is 4.34. The van der Waals surface area contributed by atoms with Gasteiger partial charge >= 0.3 is 17.9 Å². The van der Waals surface area contributed by atoms with Crippen LogP contribution in [0.1, 0.15) is 30.2 Å². The molecule has 0 saturated carbocycles. The van der Waals surface area contributed by atoms with Crippen molar-refractivity contribution in [1.82, 2.24) is 14.7 Å². The van der Waals surface area contributed by atoms with Gasteiger partial charge in [0.15, 0.2) is 5.60 Å². The molecule has 0 unspecified atom stereocenters. The second-order valence-corrected chi connectivity index (χ2v) is 7.32. The number of carboxylic acids is 3. The monoisotopic (exact) mass is 451 g/mol. The van der Waals surface area contributed by atoms with E-state index in [2.05, 4.69) is 22.1 Å². The van der Waals surface area contributed by atoms with E-state index in [0.29, 0.717) is 6.61 Å². The lowest BCUT2D eigenvalue weighted by molar-refractivity contribution is -0.170. The number of aliphatic carboxylic acids is 3. The summed E-state index contributed by atoms with van der Waals surface area (Å²) in [7, 11) is 6.04. The minimum Gasteiger partial charge on any atom is -0.481 e. The number of hydrogen-bond acceptors (Lipinski definition) is 7. The molecule has 2 rings (SSSR count). The first kappa shape index (κ1) is 26.8. The zero-order valence-electron chi connectivity index (χ0n) is 18.2. The molecule has 1 atom stereocenters. The van der Waals surface area contributed by atoms with Crippen LogP contribution in [0.2, 0.25) is 0 Å². The van der Waals surface area contributed by atoms with E-state index in [1.165, 1.54) is 0 Å². The average molecular weight is 451 g/mol. The Morgan fingerprint density at radius 3 is 2.03 bits per heavy atom. The van der Waals surface area contributed by atoms with Gasteiger partial charge in [-0.2, -0.15) is 5.10 Å². The number of carboxylic acid groups (broad SMARTS) is 3. The minimum atomic E-state index is -2.74. The van der Waals surface area contributed by atoms with Crippen LogP contribution in [0.4, 0.5) is 0 Å². The van der Waals surface area contributed by atoms with Gasteiger partial charge in [-0.3, -0.25) is 14.3 Å². The average Bonchev–Trinajstić information content (AvgIpc) is 3.10. The number of hydrogen-bond donors (Lipinski definition) is 4. The Hall–Kier alpha value is -3.28. The predicted molar refractivity (Wildman–Crippen MR) is 113 cm³/mol. The zero-order valence-corrected chi connectivity index (χ0v) is 18.2. The van der Waals surface area contributed by atoms with E-state index in [9.17, 15) is 14.4 Å². The maximum atomic E-state index is 10.3. The van der Waals surface area contributed by atoms with Gasteiger partial charge in [-0.15, -0.1) is 0 Å². The van der Waals surface area contributed by atoms with Crippen LogP contribution < -0.4 is 0 Å². The van der Waals surface area contributed by atoms with Crippen molar-refractivity contribution in [3.05, 3.63) is 53.9 Å². The predicted octanol–water partition coefficient (Wildman–Crippen LogP) is 0.839. The largest absolute Gasteiger partial charge is 0.481 e. The Morgan fingerprint density at radius 2 is 1.62 bits per heavy atom. The van der Waals surface area contributed by atoms with Gasteiger partial charge in [-0.25, -0.2) is 4.79 Å². The quantitative estimate of drug-likeness (QED) is 0.385. The number of rotatable bonds is 11. The van der Waals surface area contributed by atoms with Crippen LogP contribution in [0, 0.1) is 0 Å². The van der Waals surface area contributed by atoms with E-state index < -0.39 is 36.4 Å². The molecule has 0 spiro atoms. The summed E-state index contributed by atoms with van der Waals surface area (Å²) < 4.78 is 7.93. The first-order chi connectivity index (χ1) is 15.0. The van der Waals surface area contributed by atoms with Crippen LogP contribution >= 0.6 is 0 Å². The molecule has 176 valence electrons. The molecule has 11 heteroatoms. The molecule has 0 amide bonds. The van der Waals surface area contributed by atoms with Crippen molar-refractivity contribution < 1.29 is 39.5 Å². The molecule has 1 aromatic carbocycles. The number of carbonyl (C=O) groups is 3. The molecule has 0 radical (unpaired) electrons. The minimum absolute atomic E-state index is 0.0614. The normalized spacial score (nSPS) is 12.0. The van der Waals surface area contributed by atoms with Crippen molar-refractivity contribution in [3.8, 4) is 0 Å². The fraction of sp³-hybridized carbons (Fsp3) is 0.429. The van der Waals surface area contributed by atoms with Crippen molar-refractivity contribution in [2.45, 2.75) is 24.5 Å². The van der Waals surface area contributed by atoms with Crippen molar-refractivity contribution in [1.29, 1.82) is 0 Å². The van der Waals surface area contributed by atoms with Crippen molar-refractivity contribution in [3.63, 3.8) is 0 Å². The Morgan fingerprint density at radius 1 is 1.06 bits per heavy atom. The number of aliphatic hydroxyl groups is 1. The highest BCUT2D eigenvalue weighted by Crippen LogP contribution is 2.25. The molecular weight excluding hydrogens is 422 g/mol. The molecular formula is C21H29N3O8. The third-order valence-electron chi connectivity index (χ3n) is 4.34. The molecule has 0 fully saturated rings. The Bertz CT molecular complexity index is 866. The van der Waals surface area contributed by atoms with Gasteiger partial charge in [-0.05, 0) is 25.7 Å².